The van der Waals surface area contributed by atoms with Crippen molar-refractivity contribution in [1.29, 1.82) is 0 Å². The zero-order valence-electron chi connectivity index (χ0n) is 21.9. The van der Waals surface area contributed by atoms with E-state index in [0.29, 0.717) is 35.5 Å². The van der Waals surface area contributed by atoms with Crippen LogP contribution in [0.5, 0.6) is 11.5 Å². The number of benzene rings is 2. The third-order valence-electron chi connectivity index (χ3n) is 7.67. The number of hydrogen-bond donors (Lipinski definition) is 3. The van der Waals surface area contributed by atoms with E-state index >= 15 is 4.39 Å². The van der Waals surface area contributed by atoms with E-state index in [1.165, 1.54) is 7.11 Å². The maximum Gasteiger partial charge on any atom is 0.325 e. The molecule has 8 heteroatoms. The van der Waals surface area contributed by atoms with E-state index in [2.05, 4.69) is 30.7 Å². The number of urea groups is 1. The summed E-state index contributed by atoms with van der Waals surface area (Å²) in [6.07, 6.45) is 1.20. The number of phenolic OH excluding ortho intramolecular Hbond substituents is 1. The molecule has 0 bridgehead atoms. The molecule has 0 unspecified atom stereocenters. The van der Waals surface area contributed by atoms with Gasteiger partial charge >= 0.3 is 6.03 Å². The number of aromatic amines is 1. The molecule has 3 N–H and O–H groups in total. The van der Waals surface area contributed by atoms with Gasteiger partial charge in [0.2, 0.25) is 0 Å². The molecule has 3 aromatic rings. The van der Waals surface area contributed by atoms with Crippen molar-refractivity contribution in [3.05, 3.63) is 71.3 Å². The molecule has 0 spiro atoms. The molecule has 1 fully saturated rings. The predicted molar refractivity (Wildman–Crippen MR) is 142 cm³/mol. The Labute approximate surface area is 216 Å². The second kappa shape index (κ2) is 9.41. The SMILES string of the molecule is C=C1N(CCCNCC(C)C)C(=O)N2[C@H](c3cccc(O)c3)c3[nH]c4ccc(OC)c(F)c4c3C[C@@]12C. The molecule has 7 nitrogen and oxygen atoms in total. The predicted octanol–water partition coefficient (Wildman–Crippen LogP) is 5.31. The first-order valence-corrected chi connectivity index (χ1v) is 12.8. The third-order valence-corrected chi connectivity index (χ3v) is 7.67. The number of nitrogens with one attached hydrogen (secondary N) is 2. The molecule has 2 amide bonds. The number of hydrogen-bond acceptors (Lipinski definition) is 4. The summed E-state index contributed by atoms with van der Waals surface area (Å²) in [5, 5.41) is 14.2. The van der Waals surface area contributed by atoms with Gasteiger partial charge in [-0.1, -0.05) is 32.6 Å². The number of aromatic nitrogens is 1. The minimum atomic E-state index is -0.768. The number of halogens is 1. The zero-order valence-corrected chi connectivity index (χ0v) is 21.9. The van der Waals surface area contributed by atoms with E-state index in [0.717, 1.165) is 36.3 Å². The average Bonchev–Trinajstić information content (AvgIpc) is 3.30. The number of rotatable bonds is 8. The van der Waals surface area contributed by atoms with Crippen molar-refractivity contribution in [2.75, 3.05) is 26.7 Å². The molecule has 2 aliphatic rings. The summed E-state index contributed by atoms with van der Waals surface area (Å²) in [4.78, 5) is 21.0. The molecule has 37 heavy (non-hydrogen) atoms. The number of aromatic hydroxyl groups is 1. The summed E-state index contributed by atoms with van der Waals surface area (Å²) in [5.41, 5.74) is 2.86. The lowest BCUT2D eigenvalue weighted by Gasteiger charge is -2.44. The van der Waals surface area contributed by atoms with E-state index in [1.54, 1.807) is 35.2 Å². The summed E-state index contributed by atoms with van der Waals surface area (Å²) in [6, 6.07) is 9.63. The van der Waals surface area contributed by atoms with Crippen LogP contribution in [0.2, 0.25) is 0 Å². The van der Waals surface area contributed by atoms with Crippen molar-refractivity contribution < 1.29 is 19.0 Å². The highest BCUT2D eigenvalue weighted by Crippen LogP contribution is 2.52. The molecule has 2 atom stereocenters. The van der Waals surface area contributed by atoms with Crippen molar-refractivity contribution in [3.8, 4) is 11.5 Å². The van der Waals surface area contributed by atoms with Crippen LogP contribution in [-0.2, 0) is 6.42 Å². The van der Waals surface area contributed by atoms with Gasteiger partial charge in [0, 0.05) is 35.3 Å². The van der Waals surface area contributed by atoms with Gasteiger partial charge in [-0.2, -0.15) is 0 Å². The Kier molecular flexibility index (Phi) is 6.40. The van der Waals surface area contributed by atoms with E-state index in [-0.39, 0.29) is 17.5 Å². The number of nitrogens with zero attached hydrogens (tertiary/aromatic N) is 2. The van der Waals surface area contributed by atoms with Crippen LogP contribution in [0.25, 0.3) is 10.9 Å². The van der Waals surface area contributed by atoms with Crippen molar-refractivity contribution in [3.63, 3.8) is 0 Å². The Morgan fingerprint density at radius 3 is 2.81 bits per heavy atom. The zero-order chi connectivity index (χ0) is 26.5. The van der Waals surface area contributed by atoms with Crippen molar-refractivity contribution in [2.24, 2.45) is 5.92 Å². The minimum Gasteiger partial charge on any atom is -0.508 e. The minimum absolute atomic E-state index is 0.105. The molecule has 0 aliphatic carbocycles. The van der Waals surface area contributed by atoms with Crippen LogP contribution in [0.15, 0.2) is 48.7 Å². The van der Waals surface area contributed by atoms with Crippen LogP contribution in [0.3, 0.4) is 0 Å². The molecule has 196 valence electrons. The van der Waals surface area contributed by atoms with Crippen LogP contribution in [0.1, 0.15) is 50.1 Å². The Bertz CT molecular complexity index is 1370. The van der Waals surface area contributed by atoms with E-state index in [9.17, 15) is 9.90 Å². The molecular weight excluding hydrogens is 471 g/mol. The number of carbonyl (C=O) groups excluding carboxylic acids is 1. The summed E-state index contributed by atoms with van der Waals surface area (Å²) in [6.45, 7) is 13.0. The number of carbonyl (C=O) groups is 1. The van der Waals surface area contributed by atoms with Crippen LogP contribution < -0.4 is 10.1 Å². The first-order valence-electron chi connectivity index (χ1n) is 12.8. The first kappa shape index (κ1) is 25.1. The fraction of sp³-hybridized carbons (Fsp3) is 0.414. The summed E-state index contributed by atoms with van der Waals surface area (Å²) in [7, 11) is 1.45. The first-order chi connectivity index (χ1) is 17.7. The standard InChI is InChI=1S/C29H35FN4O3/c1-17(2)16-31-12-7-13-33-18(3)29(4)15-21-24-22(10-11-23(37-5)25(24)30)32-26(21)27(34(29)28(33)36)19-8-6-9-20(35)14-19/h6,8-11,14,17,27,31-32,35H,3,7,12-13,15-16H2,1-2,4-5H3/t27-,29+/m1/s1. The topological polar surface area (TPSA) is 80.8 Å². The van der Waals surface area contributed by atoms with Gasteiger partial charge < -0.3 is 25.0 Å². The second-order valence-electron chi connectivity index (χ2n) is 10.7. The number of fused-ring (bicyclic) bond motifs is 4. The van der Waals surface area contributed by atoms with Gasteiger partial charge in [-0.15, -0.1) is 0 Å². The Morgan fingerprint density at radius 1 is 1.32 bits per heavy atom. The monoisotopic (exact) mass is 506 g/mol. The highest BCUT2D eigenvalue weighted by molar-refractivity contribution is 5.90. The number of phenols is 1. The molecular formula is C29H35FN4O3. The Morgan fingerprint density at radius 2 is 2.11 bits per heavy atom. The third kappa shape index (κ3) is 4.03. The van der Waals surface area contributed by atoms with Crippen molar-refractivity contribution in [1.82, 2.24) is 20.1 Å². The van der Waals surface area contributed by atoms with E-state index in [4.69, 9.17) is 4.74 Å². The maximum absolute atomic E-state index is 15.6. The summed E-state index contributed by atoms with van der Waals surface area (Å²) < 4.78 is 20.9. The number of methoxy groups -OCH3 is 1. The van der Waals surface area contributed by atoms with E-state index in [1.807, 2.05) is 17.9 Å². The summed E-state index contributed by atoms with van der Waals surface area (Å²) in [5.74, 6) is 0.413. The average molecular weight is 507 g/mol. The van der Waals surface area contributed by atoms with Gasteiger partial charge in [0.15, 0.2) is 11.6 Å². The molecule has 1 aromatic heterocycles. The quantitative estimate of drug-likeness (QED) is 0.362. The Balaban J connectivity index is 1.59. The van der Waals surface area contributed by atoms with Gasteiger partial charge in [0.05, 0.1) is 12.6 Å². The van der Waals surface area contributed by atoms with Crippen LogP contribution in [0.4, 0.5) is 9.18 Å². The number of amides is 2. The molecule has 2 aliphatic heterocycles. The van der Waals surface area contributed by atoms with Crippen molar-refractivity contribution >= 4 is 16.9 Å². The van der Waals surface area contributed by atoms with Crippen LogP contribution in [-0.4, -0.2) is 58.2 Å². The van der Waals surface area contributed by atoms with Gasteiger partial charge in [-0.25, -0.2) is 9.18 Å². The highest BCUT2D eigenvalue weighted by Gasteiger charge is 2.56. The van der Waals surface area contributed by atoms with Crippen LogP contribution >= 0.6 is 0 Å². The van der Waals surface area contributed by atoms with Gasteiger partial charge in [-0.05, 0) is 67.7 Å². The number of H-pyrrole nitrogens is 1. The van der Waals surface area contributed by atoms with Crippen LogP contribution in [0, 0.1) is 11.7 Å². The van der Waals surface area contributed by atoms with Crippen molar-refractivity contribution in [2.45, 2.75) is 45.2 Å². The molecule has 1 saturated heterocycles. The smallest absolute Gasteiger partial charge is 0.325 e. The molecule has 3 heterocycles. The largest absolute Gasteiger partial charge is 0.508 e. The second-order valence-corrected chi connectivity index (χ2v) is 10.7. The molecule has 5 rings (SSSR count). The fourth-order valence-electron chi connectivity index (χ4n) is 5.82. The molecule has 0 saturated carbocycles. The van der Waals surface area contributed by atoms with E-state index < -0.39 is 17.4 Å². The highest BCUT2D eigenvalue weighted by atomic mass is 19.1. The lowest BCUT2D eigenvalue weighted by Crippen LogP contribution is -2.51. The lowest BCUT2D eigenvalue weighted by atomic mass is 9.80. The molecule has 2 aromatic carbocycles. The van der Waals surface area contributed by atoms with Gasteiger partial charge in [0.25, 0.3) is 0 Å². The maximum atomic E-state index is 15.6. The summed E-state index contributed by atoms with van der Waals surface area (Å²) >= 11 is 0. The van der Waals surface area contributed by atoms with Gasteiger partial charge in [0.1, 0.15) is 11.8 Å². The fourth-order valence-corrected chi connectivity index (χ4v) is 5.82. The number of ether oxygens (including phenoxy) is 1. The lowest BCUT2D eigenvalue weighted by molar-refractivity contribution is 0.134. The normalized spacial score (nSPS) is 21.2. The molecule has 0 radical (unpaired) electrons. The van der Waals surface area contributed by atoms with Gasteiger partial charge in [-0.3, -0.25) is 4.90 Å². The Hall–Kier alpha value is -3.52.